The summed E-state index contributed by atoms with van der Waals surface area (Å²) in [6, 6.07) is 1.93. The number of rotatable bonds is 3. The van der Waals surface area contributed by atoms with Crippen LogP contribution in [0.2, 0.25) is 0 Å². The van der Waals surface area contributed by atoms with Crippen molar-refractivity contribution in [2.75, 3.05) is 0 Å². The first-order chi connectivity index (χ1) is 4.81. The molecule has 0 aliphatic carbocycles. The van der Waals surface area contributed by atoms with Gasteiger partial charge in [0.05, 0.1) is 12.5 Å². The van der Waals surface area contributed by atoms with E-state index in [0.717, 1.165) is 0 Å². The number of nitrogens with zero attached hydrogens (tertiary/aromatic N) is 3. The van der Waals surface area contributed by atoms with Crippen molar-refractivity contribution in [2.45, 2.75) is 13.3 Å². The van der Waals surface area contributed by atoms with Crippen LogP contribution in [0, 0.1) is 11.3 Å². The predicted molar refractivity (Wildman–Crippen MR) is 42.0 cm³/mol. The molecule has 3 nitrogen and oxygen atoms in total. The van der Waals surface area contributed by atoms with Gasteiger partial charge >= 0.3 is 0 Å². The van der Waals surface area contributed by atoms with Crippen LogP contribution in [0.3, 0.4) is 0 Å². The van der Waals surface area contributed by atoms with Crippen LogP contribution in [-0.4, -0.2) is 12.6 Å². The molecule has 52 valence electrons. The minimum absolute atomic E-state index is 0.260. The van der Waals surface area contributed by atoms with E-state index >= 15 is 0 Å². The zero-order valence-electron chi connectivity index (χ0n) is 5.91. The van der Waals surface area contributed by atoms with Crippen LogP contribution in [-0.2, 0) is 0 Å². The van der Waals surface area contributed by atoms with E-state index in [2.05, 4.69) is 16.6 Å². The first-order valence-corrected chi connectivity index (χ1v) is 2.86. The van der Waals surface area contributed by atoms with Crippen molar-refractivity contribution in [3.8, 4) is 6.07 Å². The third-order valence-electron chi connectivity index (χ3n) is 0.739. The molecule has 0 spiro atoms. The first kappa shape index (κ1) is 8.57. The molecule has 3 heteroatoms. The van der Waals surface area contributed by atoms with Gasteiger partial charge in [-0.3, -0.25) is 0 Å². The molecule has 0 aliphatic rings. The molecule has 0 saturated carbocycles. The van der Waals surface area contributed by atoms with Crippen molar-refractivity contribution in [1.82, 2.24) is 0 Å². The highest BCUT2D eigenvalue weighted by atomic mass is 14.8. The number of hydrogen-bond donors (Lipinski definition) is 0. The van der Waals surface area contributed by atoms with Gasteiger partial charge in [0.2, 0.25) is 0 Å². The zero-order valence-corrected chi connectivity index (χ0v) is 5.91. The number of aliphatic imine (C=N–C) groups is 2. The van der Waals surface area contributed by atoms with E-state index in [1.807, 2.05) is 6.07 Å². The lowest BCUT2D eigenvalue weighted by atomic mass is 10.4. The van der Waals surface area contributed by atoms with Crippen molar-refractivity contribution < 1.29 is 0 Å². The maximum atomic E-state index is 8.17. The molecule has 0 unspecified atom stereocenters. The zero-order chi connectivity index (χ0) is 7.82. The Labute approximate surface area is 60.4 Å². The van der Waals surface area contributed by atoms with Crippen molar-refractivity contribution >= 4 is 12.6 Å². The molecule has 0 amide bonds. The summed E-state index contributed by atoms with van der Waals surface area (Å²) < 4.78 is 0. The minimum Gasteiger partial charge on any atom is -0.250 e. The summed E-state index contributed by atoms with van der Waals surface area (Å²) in [5.41, 5.74) is 0.535. The fraction of sp³-hybridized carbons (Fsp3) is 0.286. The molecule has 0 radical (unpaired) electrons. The molecule has 0 fully saturated rings. The summed E-state index contributed by atoms with van der Waals surface area (Å²) in [5.74, 6) is 0. The predicted octanol–water partition coefficient (Wildman–Crippen LogP) is 1.53. The van der Waals surface area contributed by atoms with Crippen LogP contribution in [0.4, 0.5) is 0 Å². The highest BCUT2D eigenvalue weighted by Crippen LogP contribution is 1.95. The standard InChI is InChI=1S/C7H9N3/c1-3-9-6-10-7(2)4-5-8/h3,6H,2,4H2,1H3. The van der Waals surface area contributed by atoms with Crippen molar-refractivity contribution in [3.05, 3.63) is 12.3 Å². The van der Waals surface area contributed by atoms with Gasteiger partial charge in [0.15, 0.2) is 0 Å². The summed E-state index contributed by atoms with van der Waals surface area (Å²) >= 11 is 0. The summed E-state index contributed by atoms with van der Waals surface area (Å²) in [5, 5.41) is 8.17. The smallest absolute Gasteiger partial charge is 0.115 e. The van der Waals surface area contributed by atoms with Crippen LogP contribution in [0.5, 0.6) is 0 Å². The Morgan fingerprint density at radius 3 is 3.00 bits per heavy atom. The van der Waals surface area contributed by atoms with Gasteiger partial charge in [0.1, 0.15) is 6.34 Å². The monoisotopic (exact) mass is 135 g/mol. The molecular weight excluding hydrogens is 126 g/mol. The van der Waals surface area contributed by atoms with Crippen LogP contribution >= 0.6 is 0 Å². The van der Waals surface area contributed by atoms with Crippen LogP contribution < -0.4 is 0 Å². The average Bonchev–Trinajstić information content (AvgIpc) is 1.89. The molecule has 0 aromatic carbocycles. The molecule has 0 aliphatic heterocycles. The molecule has 10 heavy (non-hydrogen) atoms. The van der Waals surface area contributed by atoms with E-state index in [9.17, 15) is 0 Å². The summed E-state index contributed by atoms with van der Waals surface area (Å²) in [6.07, 6.45) is 3.25. The average molecular weight is 135 g/mol. The van der Waals surface area contributed by atoms with E-state index in [1.54, 1.807) is 13.1 Å². The van der Waals surface area contributed by atoms with Gasteiger partial charge in [0.25, 0.3) is 0 Å². The second-order valence-corrected chi connectivity index (χ2v) is 1.55. The van der Waals surface area contributed by atoms with E-state index in [4.69, 9.17) is 5.26 Å². The lowest BCUT2D eigenvalue weighted by molar-refractivity contribution is 1.18. The van der Waals surface area contributed by atoms with Gasteiger partial charge in [-0.15, -0.1) is 0 Å². The van der Waals surface area contributed by atoms with E-state index < -0.39 is 0 Å². The molecule has 0 saturated heterocycles. The van der Waals surface area contributed by atoms with Gasteiger partial charge in [0, 0.05) is 11.9 Å². The third kappa shape index (κ3) is 4.72. The van der Waals surface area contributed by atoms with Crippen LogP contribution in [0.15, 0.2) is 22.3 Å². The molecule has 0 heterocycles. The molecule has 0 atom stereocenters. The van der Waals surface area contributed by atoms with Crippen molar-refractivity contribution in [3.63, 3.8) is 0 Å². The second-order valence-electron chi connectivity index (χ2n) is 1.55. The Kier molecular flexibility index (Phi) is 4.89. The lowest BCUT2D eigenvalue weighted by Gasteiger charge is -1.84. The Balaban J connectivity index is 3.69. The Morgan fingerprint density at radius 1 is 1.80 bits per heavy atom. The second kappa shape index (κ2) is 5.70. The van der Waals surface area contributed by atoms with Gasteiger partial charge < -0.3 is 0 Å². The summed E-state index contributed by atoms with van der Waals surface area (Å²) in [6.45, 7) is 5.31. The molecule has 0 aromatic rings. The normalized spacial score (nSPS) is 10.4. The molecule has 0 rings (SSSR count). The fourth-order valence-corrected chi connectivity index (χ4v) is 0.319. The number of hydrogen-bond acceptors (Lipinski definition) is 2. The lowest BCUT2D eigenvalue weighted by Crippen LogP contribution is -1.73. The minimum atomic E-state index is 0.260. The number of nitriles is 1. The molecule has 0 aromatic heterocycles. The van der Waals surface area contributed by atoms with Crippen LogP contribution in [0.1, 0.15) is 13.3 Å². The first-order valence-electron chi connectivity index (χ1n) is 2.86. The molecular formula is C7H9N3. The maximum absolute atomic E-state index is 8.17. The van der Waals surface area contributed by atoms with Crippen LogP contribution in [0.25, 0.3) is 0 Å². The maximum Gasteiger partial charge on any atom is 0.115 e. The van der Waals surface area contributed by atoms with Gasteiger partial charge in [-0.2, -0.15) is 5.26 Å². The third-order valence-corrected chi connectivity index (χ3v) is 0.739. The van der Waals surface area contributed by atoms with E-state index in [1.165, 1.54) is 6.34 Å². The molecule has 0 bridgehead atoms. The Hall–Kier alpha value is -1.43. The van der Waals surface area contributed by atoms with Crippen molar-refractivity contribution in [2.24, 2.45) is 9.98 Å². The highest BCUT2D eigenvalue weighted by molar-refractivity contribution is 5.71. The Bertz CT molecular complexity index is 195. The van der Waals surface area contributed by atoms with E-state index in [-0.39, 0.29) is 6.42 Å². The topological polar surface area (TPSA) is 48.5 Å². The quantitative estimate of drug-likeness (QED) is 0.427. The largest absolute Gasteiger partial charge is 0.250 e. The summed E-state index contributed by atoms with van der Waals surface area (Å²) in [7, 11) is 0. The van der Waals surface area contributed by atoms with Gasteiger partial charge in [-0.1, -0.05) is 6.58 Å². The number of allylic oxidation sites excluding steroid dienone is 1. The van der Waals surface area contributed by atoms with E-state index in [0.29, 0.717) is 5.70 Å². The van der Waals surface area contributed by atoms with Crippen molar-refractivity contribution in [1.29, 1.82) is 5.26 Å². The fourth-order valence-electron chi connectivity index (χ4n) is 0.319. The van der Waals surface area contributed by atoms with Gasteiger partial charge in [-0.25, -0.2) is 9.98 Å². The summed E-state index contributed by atoms with van der Waals surface area (Å²) in [4.78, 5) is 7.47. The highest BCUT2D eigenvalue weighted by Gasteiger charge is 1.83. The van der Waals surface area contributed by atoms with Gasteiger partial charge in [-0.05, 0) is 6.92 Å². The Morgan fingerprint density at radius 2 is 2.50 bits per heavy atom. The SMILES string of the molecule is C=C(CC#N)N=CN=CC. The molecule has 0 N–H and O–H groups in total.